The van der Waals surface area contributed by atoms with Crippen LogP contribution in [0.2, 0.25) is 5.02 Å². The van der Waals surface area contributed by atoms with Crippen molar-refractivity contribution in [3.05, 3.63) is 52.8 Å². The van der Waals surface area contributed by atoms with Crippen molar-refractivity contribution in [1.29, 1.82) is 0 Å². The molecule has 3 aromatic rings. The number of nitrogens with zero attached hydrogens (tertiary/aromatic N) is 2. The Hall–Kier alpha value is -3.06. The number of nitrogen functional groups attached to an aromatic ring is 1. The first-order chi connectivity index (χ1) is 12.6. The molecule has 7 nitrogen and oxygen atoms in total. The molecule has 0 spiro atoms. The third-order valence-electron chi connectivity index (χ3n) is 3.84. The zero-order valence-corrected chi connectivity index (χ0v) is 14.3. The molecule has 2 aromatic carbocycles. The Kier molecular flexibility index (Phi) is 4.22. The Labute approximate surface area is 153 Å². The summed E-state index contributed by atoms with van der Waals surface area (Å²) in [6.07, 6.45) is 0. The predicted molar refractivity (Wildman–Crippen MR) is 95.5 cm³/mol. The van der Waals surface area contributed by atoms with Crippen LogP contribution in [-0.4, -0.2) is 29.2 Å². The van der Waals surface area contributed by atoms with E-state index in [1.165, 1.54) is 12.1 Å². The molecule has 1 aliphatic rings. The smallest absolute Gasteiger partial charge is 0.338 e. The molecule has 0 unspecified atom stereocenters. The molecule has 26 heavy (non-hydrogen) atoms. The molecule has 8 heteroatoms. The molecule has 0 aliphatic carbocycles. The van der Waals surface area contributed by atoms with Crippen molar-refractivity contribution in [2.75, 3.05) is 18.9 Å². The van der Waals surface area contributed by atoms with Gasteiger partial charge in [0.25, 0.3) is 0 Å². The summed E-state index contributed by atoms with van der Waals surface area (Å²) in [4.78, 5) is 20.9. The number of anilines is 1. The van der Waals surface area contributed by atoms with Gasteiger partial charge in [0.2, 0.25) is 0 Å². The summed E-state index contributed by atoms with van der Waals surface area (Å²) in [5, 5.41) is 1.04. The maximum absolute atomic E-state index is 12.3. The summed E-state index contributed by atoms with van der Waals surface area (Å²) >= 11 is 6.14. The Morgan fingerprint density at radius 3 is 2.88 bits per heavy atom. The lowest BCUT2D eigenvalue weighted by Crippen LogP contribution is -2.16. The average Bonchev–Trinajstić information content (AvgIpc) is 2.66. The van der Waals surface area contributed by atoms with E-state index in [0.29, 0.717) is 46.9 Å². The number of carbonyl (C=O) groups excluding carboxylic acids is 1. The van der Waals surface area contributed by atoms with Crippen molar-refractivity contribution in [3.8, 4) is 11.5 Å². The monoisotopic (exact) mass is 371 g/mol. The van der Waals surface area contributed by atoms with Crippen LogP contribution in [-0.2, 0) is 11.3 Å². The van der Waals surface area contributed by atoms with Crippen LogP contribution in [0, 0.1) is 0 Å². The molecule has 0 fully saturated rings. The first kappa shape index (κ1) is 16.4. The number of aromatic nitrogens is 2. The van der Waals surface area contributed by atoms with Crippen LogP contribution in [0.1, 0.15) is 16.2 Å². The average molecular weight is 372 g/mol. The minimum absolute atomic E-state index is 0.111. The van der Waals surface area contributed by atoms with Gasteiger partial charge < -0.3 is 19.9 Å². The van der Waals surface area contributed by atoms with Crippen molar-refractivity contribution >= 4 is 34.3 Å². The van der Waals surface area contributed by atoms with E-state index in [4.69, 9.17) is 31.5 Å². The molecule has 1 aromatic heterocycles. The van der Waals surface area contributed by atoms with Crippen molar-refractivity contribution in [2.24, 2.45) is 0 Å². The van der Waals surface area contributed by atoms with Gasteiger partial charge in [-0.2, -0.15) is 0 Å². The summed E-state index contributed by atoms with van der Waals surface area (Å²) in [6, 6.07) is 10.4. The highest BCUT2D eigenvalue weighted by Gasteiger charge is 2.20. The molecule has 4 rings (SSSR count). The Morgan fingerprint density at radius 1 is 1.19 bits per heavy atom. The van der Waals surface area contributed by atoms with Crippen molar-refractivity contribution in [1.82, 2.24) is 9.97 Å². The maximum Gasteiger partial charge on any atom is 0.338 e. The van der Waals surface area contributed by atoms with E-state index in [0.717, 1.165) is 5.39 Å². The van der Waals surface area contributed by atoms with Gasteiger partial charge >= 0.3 is 5.97 Å². The van der Waals surface area contributed by atoms with E-state index >= 15 is 0 Å². The molecule has 0 amide bonds. The highest BCUT2D eigenvalue weighted by atomic mass is 35.5. The van der Waals surface area contributed by atoms with Gasteiger partial charge in [-0.05, 0) is 24.3 Å². The molecule has 0 atom stereocenters. The minimum atomic E-state index is -0.570. The van der Waals surface area contributed by atoms with Crippen molar-refractivity contribution < 1.29 is 19.0 Å². The van der Waals surface area contributed by atoms with E-state index in [-0.39, 0.29) is 12.2 Å². The predicted octanol–water partition coefficient (Wildman–Crippen LogP) is 2.99. The van der Waals surface area contributed by atoms with Crippen molar-refractivity contribution in [2.45, 2.75) is 6.61 Å². The summed E-state index contributed by atoms with van der Waals surface area (Å²) in [5.74, 6) is 0.934. The number of hydrogen-bond acceptors (Lipinski definition) is 7. The summed E-state index contributed by atoms with van der Waals surface area (Å²) in [5.41, 5.74) is 6.88. The lowest BCUT2D eigenvalue weighted by molar-refractivity contribution is 0.0461. The molecule has 2 N–H and O–H groups in total. The van der Waals surface area contributed by atoms with Gasteiger partial charge in [-0.1, -0.05) is 23.7 Å². The third kappa shape index (κ3) is 3.09. The van der Waals surface area contributed by atoms with Gasteiger partial charge in [-0.15, -0.1) is 0 Å². The summed E-state index contributed by atoms with van der Waals surface area (Å²) < 4.78 is 16.2. The van der Waals surface area contributed by atoms with Gasteiger partial charge in [0, 0.05) is 5.39 Å². The van der Waals surface area contributed by atoms with E-state index < -0.39 is 5.97 Å². The second kappa shape index (κ2) is 6.68. The number of benzene rings is 2. The number of nitrogens with two attached hydrogens (primary N) is 1. The van der Waals surface area contributed by atoms with Crippen LogP contribution in [0.15, 0.2) is 36.4 Å². The maximum atomic E-state index is 12.3. The van der Waals surface area contributed by atoms with Crippen LogP contribution in [0.3, 0.4) is 0 Å². The molecule has 132 valence electrons. The molecule has 0 saturated heterocycles. The van der Waals surface area contributed by atoms with E-state index in [1.807, 2.05) is 24.3 Å². The van der Waals surface area contributed by atoms with E-state index in [9.17, 15) is 4.79 Å². The summed E-state index contributed by atoms with van der Waals surface area (Å²) in [6.45, 7) is 0.698. The Bertz CT molecular complexity index is 1010. The van der Waals surface area contributed by atoms with Crippen LogP contribution in [0.25, 0.3) is 10.9 Å². The number of esters is 1. The number of ether oxygens (including phenoxy) is 3. The fourth-order valence-corrected chi connectivity index (χ4v) is 2.92. The lowest BCUT2D eigenvalue weighted by atomic mass is 10.2. The Morgan fingerprint density at radius 2 is 2.00 bits per heavy atom. The SMILES string of the molecule is Nc1nc(COC(=O)c2cc(Cl)c3c(c2)OCCO3)nc2ccccc12. The number of rotatable bonds is 3. The minimum Gasteiger partial charge on any atom is -0.486 e. The number of carbonyl (C=O) groups is 1. The van der Waals surface area contributed by atoms with E-state index in [1.54, 1.807) is 0 Å². The highest BCUT2D eigenvalue weighted by Crippen LogP contribution is 2.38. The van der Waals surface area contributed by atoms with E-state index in [2.05, 4.69) is 9.97 Å². The van der Waals surface area contributed by atoms with Gasteiger partial charge in [0.05, 0.1) is 16.1 Å². The molecule has 1 aliphatic heterocycles. The standard InChI is InChI=1S/C18H14ClN3O4/c19-12-7-10(8-14-16(12)25-6-5-24-14)18(23)26-9-15-21-13-4-2-1-3-11(13)17(20)22-15/h1-4,7-8H,5-6,9H2,(H2,20,21,22). The number of fused-ring (bicyclic) bond motifs is 2. The van der Waals surface area contributed by atoms with Gasteiger partial charge in [0.15, 0.2) is 23.9 Å². The number of halogens is 1. The van der Waals surface area contributed by atoms with Gasteiger partial charge in [-0.3, -0.25) is 0 Å². The summed E-state index contributed by atoms with van der Waals surface area (Å²) in [7, 11) is 0. The molecule has 0 bridgehead atoms. The number of hydrogen-bond donors (Lipinski definition) is 1. The van der Waals surface area contributed by atoms with Crippen LogP contribution in [0.5, 0.6) is 11.5 Å². The molecular formula is C18H14ClN3O4. The van der Waals surface area contributed by atoms with Crippen LogP contribution < -0.4 is 15.2 Å². The molecule has 2 heterocycles. The quantitative estimate of drug-likeness (QED) is 0.707. The largest absolute Gasteiger partial charge is 0.486 e. The normalized spacial score (nSPS) is 12.8. The zero-order chi connectivity index (χ0) is 18.1. The highest BCUT2D eigenvalue weighted by molar-refractivity contribution is 6.32. The third-order valence-corrected chi connectivity index (χ3v) is 4.12. The Balaban J connectivity index is 1.53. The van der Waals surface area contributed by atoms with Crippen molar-refractivity contribution in [3.63, 3.8) is 0 Å². The first-order valence-corrected chi connectivity index (χ1v) is 8.27. The van der Waals surface area contributed by atoms with Crippen LogP contribution >= 0.6 is 11.6 Å². The fourth-order valence-electron chi connectivity index (χ4n) is 2.66. The lowest BCUT2D eigenvalue weighted by Gasteiger charge is -2.19. The topological polar surface area (TPSA) is 96.6 Å². The zero-order valence-electron chi connectivity index (χ0n) is 13.6. The second-order valence-corrected chi connectivity index (χ2v) is 6.01. The number of para-hydroxylation sites is 1. The van der Waals surface area contributed by atoms with Crippen LogP contribution in [0.4, 0.5) is 5.82 Å². The molecular weight excluding hydrogens is 358 g/mol. The molecule has 0 radical (unpaired) electrons. The second-order valence-electron chi connectivity index (χ2n) is 5.60. The van der Waals surface area contributed by atoms with Gasteiger partial charge in [0.1, 0.15) is 19.0 Å². The first-order valence-electron chi connectivity index (χ1n) is 7.89. The molecule has 0 saturated carbocycles. The fraction of sp³-hybridized carbons (Fsp3) is 0.167. The van der Waals surface area contributed by atoms with Gasteiger partial charge in [-0.25, -0.2) is 14.8 Å².